The number of alkyl halides is 3. The SMILES string of the molecule is CC(=O)Nc1ccc(OS(=O)(=O)c2cc(C(F)(F)F)ccc2Cl)cc1. The number of anilines is 1. The van der Waals surface area contributed by atoms with Crippen LogP contribution in [0.5, 0.6) is 5.75 Å². The van der Waals surface area contributed by atoms with E-state index in [-0.39, 0.29) is 11.7 Å². The highest BCUT2D eigenvalue weighted by atomic mass is 35.5. The van der Waals surface area contributed by atoms with Gasteiger partial charge in [0.1, 0.15) is 10.6 Å². The van der Waals surface area contributed by atoms with Crippen molar-refractivity contribution >= 4 is 33.3 Å². The minimum absolute atomic E-state index is 0.150. The van der Waals surface area contributed by atoms with E-state index >= 15 is 0 Å². The van der Waals surface area contributed by atoms with Crippen molar-refractivity contribution in [2.75, 3.05) is 5.32 Å². The number of hydrogen-bond donors (Lipinski definition) is 1. The zero-order valence-electron chi connectivity index (χ0n) is 12.6. The molecule has 0 aromatic heterocycles. The molecule has 0 aliphatic heterocycles. The number of benzene rings is 2. The maximum Gasteiger partial charge on any atom is 0.416 e. The fraction of sp³-hybridized carbons (Fsp3) is 0.133. The van der Waals surface area contributed by atoms with Crippen LogP contribution in [-0.4, -0.2) is 14.3 Å². The smallest absolute Gasteiger partial charge is 0.379 e. The number of rotatable bonds is 4. The zero-order valence-corrected chi connectivity index (χ0v) is 14.2. The third-order valence-corrected chi connectivity index (χ3v) is 4.64. The van der Waals surface area contributed by atoms with Gasteiger partial charge in [0.25, 0.3) is 0 Å². The average Bonchev–Trinajstić information content (AvgIpc) is 2.47. The van der Waals surface area contributed by atoms with Crippen LogP contribution in [0.4, 0.5) is 18.9 Å². The normalized spacial score (nSPS) is 11.9. The summed E-state index contributed by atoms with van der Waals surface area (Å²) in [6.45, 7) is 1.30. The molecule has 0 aliphatic carbocycles. The Balaban J connectivity index is 2.32. The molecular weight excluding hydrogens is 383 g/mol. The second-order valence-electron chi connectivity index (χ2n) is 4.89. The average molecular weight is 394 g/mol. The van der Waals surface area contributed by atoms with Crippen LogP contribution in [0.15, 0.2) is 47.4 Å². The molecule has 0 saturated heterocycles. The molecule has 0 radical (unpaired) electrons. The Bertz CT molecular complexity index is 896. The van der Waals surface area contributed by atoms with Crippen LogP contribution in [0.2, 0.25) is 5.02 Å². The molecule has 5 nitrogen and oxygen atoms in total. The van der Waals surface area contributed by atoms with Crippen molar-refractivity contribution in [1.29, 1.82) is 0 Å². The standard InChI is InChI=1S/C15H11ClF3NO4S/c1-9(21)20-11-3-5-12(6-4-11)24-25(22,23)14-8-10(15(17,18)19)2-7-13(14)16/h2-8H,1H3,(H,20,21). The van der Waals surface area contributed by atoms with Gasteiger partial charge < -0.3 is 9.50 Å². The highest BCUT2D eigenvalue weighted by Gasteiger charge is 2.33. The van der Waals surface area contributed by atoms with Crippen LogP contribution in [0.25, 0.3) is 0 Å². The Kier molecular flexibility index (Phi) is 5.28. The van der Waals surface area contributed by atoms with Crippen molar-refractivity contribution in [2.24, 2.45) is 0 Å². The third kappa shape index (κ3) is 4.86. The van der Waals surface area contributed by atoms with E-state index in [1.165, 1.54) is 31.2 Å². The van der Waals surface area contributed by atoms with Gasteiger partial charge >= 0.3 is 16.3 Å². The summed E-state index contributed by atoms with van der Waals surface area (Å²) in [6, 6.07) is 7.14. The van der Waals surface area contributed by atoms with Gasteiger partial charge in [-0.05, 0) is 42.5 Å². The van der Waals surface area contributed by atoms with Crippen LogP contribution in [0.3, 0.4) is 0 Å². The highest BCUT2D eigenvalue weighted by Crippen LogP contribution is 2.34. The summed E-state index contributed by atoms with van der Waals surface area (Å²) in [5.41, 5.74) is -0.769. The molecule has 0 spiro atoms. The molecule has 1 N–H and O–H groups in total. The largest absolute Gasteiger partial charge is 0.416 e. The van der Waals surface area contributed by atoms with E-state index in [4.69, 9.17) is 15.8 Å². The topological polar surface area (TPSA) is 72.5 Å². The first-order valence-electron chi connectivity index (χ1n) is 6.68. The van der Waals surface area contributed by atoms with Gasteiger partial charge in [0.2, 0.25) is 5.91 Å². The minimum atomic E-state index is -4.73. The van der Waals surface area contributed by atoms with Crippen molar-refractivity contribution < 1.29 is 30.6 Å². The van der Waals surface area contributed by atoms with Gasteiger partial charge in [0.15, 0.2) is 0 Å². The van der Waals surface area contributed by atoms with Crippen LogP contribution in [0.1, 0.15) is 12.5 Å². The van der Waals surface area contributed by atoms with E-state index in [1.54, 1.807) is 0 Å². The van der Waals surface area contributed by atoms with Gasteiger partial charge in [-0.1, -0.05) is 11.6 Å². The molecule has 1 amide bonds. The Morgan fingerprint density at radius 2 is 1.72 bits per heavy atom. The summed E-state index contributed by atoms with van der Waals surface area (Å²) in [5.74, 6) is -0.473. The number of halogens is 4. The summed E-state index contributed by atoms with van der Waals surface area (Å²) in [5, 5.41) is 2.07. The predicted octanol–water partition coefficient (Wildman–Crippen LogP) is 4.08. The molecular formula is C15H11ClF3NO4S. The van der Waals surface area contributed by atoms with E-state index in [1.807, 2.05) is 0 Å². The van der Waals surface area contributed by atoms with Crippen molar-refractivity contribution in [2.45, 2.75) is 18.0 Å². The lowest BCUT2D eigenvalue weighted by molar-refractivity contribution is -0.137. The molecule has 2 rings (SSSR count). The Morgan fingerprint density at radius 1 is 1.12 bits per heavy atom. The molecule has 0 bridgehead atoms. The lowest BCUT2D eigenvalue weighted by Gasteiger charge is -2.12. The first kappa shape index (κ1) is 19.1. The number of amides is 1. The quantitative estimate of drug-likeness (QED) is 0.794. The molecule has 2 aromatic carbocycles. The molecule has 2 aromatic rings. The van der Waals surface area contributed by atoms with Gasteiger partial charge in [-0.15, -0.1) is 0 Å². The number of nitrogens with one attached hydrogen (secondary N) is 1. The predicted molar refractivity (Wildman–Crippen MR) is 85.0 cm³/mol. The molecule has 0 heterocycles. The van der Waals surface area contributed by atoms with Crippen LogP contribution in [-0.2, 0) is 21.1 Å². The second kappa shape index (κ2) is 6.93. The Morgan fingerprint density at radius 3 is 2.24 bits per heavy atom. The van der Waals surface area contributed by atoms with Crippen LogP contribution < -0.4 is 9.50 Å². The summed E-state index contributed by atoms with van der Waals surface area (Å²) in [4.78, 5) is 10.1. The molecule has 0 saturated carbocycles. The number of carbonyl (C=O) groups excluding carboxylic acids is 1. The summed E-state index contributed by atoms with van der Waals surface area (Å²) >= 11 is 5.71. The number of hydrogen-bond acceptors (Lipinski definition) is 4. The van der Waals surface area contributed by atoms with Gasteiger partial charge in [-0.3, -0.25) is 4.79 Å². The molecule has 0 aliphatic rings. The summed E-state index contributed by atoms with van der Waals surface area (Å²) < 4.78 is 67.5. The molecule has 0 fully saturated rings. The van der Waals surface area contributed by atoms with E-state index in [0.29, 0.717) is 17.8 Å². The molecule has 25 heavy (non-hydrogen) atoms. The fourth-order valence-electron chi connectivity index (χ4n) is 1.84. The van der Waals surface area contributed by atoms with Crippen molar-refractivity contribution in [3.8, 4) is 5.75 Å². The van der Waals surface area contributed by atoms with Crippen LogP contribution in [0, 0.1) is 0 Å². The highest BCUT2D eigenvalue weighted by molar-refractivity contribution is 7.87. The second-order valence-corrected chi connectivity index (χ2v) is 6.81. The lowest BCUT2D eigenvalue weighted by atomic mass is 10.2. The van der Waals surface area contributed by atoms with E-state index in [0.717, 1.165) is 6.07 Å². The fourth-order valence-corrected chi connectivity index (χ4v) is 3.27. The molecule has 0 unspecified atom stereocenters. The van der Waals surface area contributed by atoms with Gasteiger partial charge in [-0.25, -0.2) is 0 Å². The van der Waals surface area contributed by atoms with E-state index < -0.39 is 31.8 Å². The van der Waals surface area contributed by atoms with Crippen molar-refractivity contribution in [3.05, 3.63) is 53.1 Å². The monoisotopic (exact) mass is 393 g/mol. The lowest BCUT2D eigenvalue weighted by Crippen LogP contribution is -2.13. The van der Waals surface area contributed by atoms with Gasteiger partial charge in [-0.2, -0.15) is 21.6 Å². The number of carbonyl (C=O) groups is 1. The Labute approximate surface area is 146 Å². The maximum atomic E-state index is 12.8. The zero-order chi connectivity index (χ0) is 18.8. The first-order chi connectivity index (χ1) is 11.5. The van der Waals surface area contributed by atoms with Gasteiger partial charge in [0, 0.05) is 12.6 Å². The van der Waals surface area contributed by atoms with Crippen molar-refractivity contribution in [1.82, 2.24) is 0 Å². The van der Waals surface area contributed by atoms with E-state index in [9.17, 15) is 26.4 Å². The molecule has 0 atom stereocenters. The first-order valence-corrected chi connectivity index (χ1v) is 8.46. The van der Waals surface area contributed by atoms with Crippen LogP contribution >= 0.6 is 11.6 Å². The minimum Gasteiger partial charge on any atom is -0.379 e. The van der Waals surface area contributed by atoms with E-state index in [2.05, 4.69) is 5.32 Å². The summed E-state index contributed by atoms with van der Waals surface area (Å²) in [7, 11) is -4.58. The maximum absolute atomic E-state index is 12.8. The molecule has 10 heteroatoms. The third-order valence-electron chi connectivity index (χ3n) is 2.91. The Hall–Kier alpha value is -2.26. The van der Waals surface area contributed by atoms with Gasteiger partial charge in [0.05, 0.1) is 10.6 Å². The molecule has 134 valence electrons. The summed E-state index contributed by atoms with van der Waals surface area (Å²) in [6.07, 6.45) is -4.73. The van der Waals surface area contributed by atoms with Crippen molar-refractivity contribution in [3.63, 3.8) is 0 Å².